The lowest BCUT2D eigenvalue weighted by Gasteiger charge is -2.30. The van der Waals surface area contributed by atoms with Crippen molar-refractivity contribution in [2.45, 2.75) is 18.9 Å². The van der Waals surface area contributed by atoms with Gasteiger partial charge >= 0.3 is 0 Å². The fourth-order valence-electron chi connectivity index (χ4n) is 2.00. The third kappa shape index (κ3) is 1.42. The van der Waals surface area contributed by atoms with Gasteiger partial charge in [-0.25, -0.2) is 0 Å². The molecule has 1 heterocycles. The van der Waals surface area contributed by atoms with Crippen LogP contribution in [0.3, 0.4) is 0 Å². The molecule has 1 aromatic carbocycles. The van der Waals surface area contributed by atoms with E-state index in [2.05, 4.69) is 10.2 Å². The number of rotatable bonds is 1. The van der Waals surface area contributed by atoms with E-state index in [-0.39, 0.29) is 11.7 Å². The highest BCUT2D eigenvalue weighted by molar-refractivity contribution is 6.01. The summed E-state index contributed by atoms with van der Waals surface area (Å²) in [6.45, 7) is 0.404. The standard InChI is InChI=1S/C11H12N2O2/c14-8-3-4-9-10(5-8)13(7-1-2-7)6-11(15)12-9/h3-5,7,14H,1-2,6H2,(H,12,15). The summed E-state index contributed by atoms with van der Waals surface area (Å²) in [6, 6.07) is 5.54. The van der Waals surface area contributed by atoms with Crippen LogP contribution in [-0.2, 0) is 4.79 Å². The van der Waals surface area contributed by atoms with Crippen molar-refractivity contribution < 1.29 is 9.90 Å². The van der Waals surface area contributed by atoms with Gasteiger partial charge in [0.15, 0.2) is 0 Å². The van der Waals surface area contributed by atoms with Gasteiger partial charge in [-0.3, -0.25) is 4.79 Å². The van der Waals surface area contributed by atoms with E-state index < -0.39 is 0 Å². The maximum atomic E-state index is 11.4. The van der Waals surface area contributed by atoms with Gasteiger partial charge in [0.2, 0.25) is 5.91 Å². The average Bonchev–Trinajstić information content (AvgIpc) is 3.01. The highest BCUT2D eigenvalue weighted by Crippen LogP contribution is 2.39. The minimum absolute atomic E-state index is 0.0279. The lowest BCUT2D eigenvalue weighted by molar-refractivity contribution is -0.115. The number of nitrogens with zero attached hydrogens (tertiary/aromatic N) is 1. The number of hydrogen-bond acceptors (Lipinski definition) is 3. The number of nitrogens with one attached hydrogen (secondary N) is 1. The Bertz CT molecular complexity index is 427. The molecular weight excluding hydrogens is 192 g/mol. The summed E-state index contributed by atoms with van der Waals surface area (Å²) in [4.78, 5) is 13.5. The van der Waals surface area contributed by atoms with E-state index in [0.29, 0.717) is 12.6 Å². The molecule has 1 aromatic rings. The Morgan fingerprint density at radius 3 is 2.93 bits per heavy atom. The van der Waals surface area contributed by atoms with Crippen LogP contribution >= 0.6 is 0 Å². The number of phenols is 1. The lowest BCUT2D eigenvalue weighted by atomic mass is 10.2. The summed E-state index contributed by atoms with van der Waals surface area (Å²) >= 11 is 0. The zero-order chi connectivity index (χ0) is 10.4. The molecule has 2 aliphatic rings. The van der Waals surface area contributed by atoms with Gasteiger partial charge in [-0.1, -0.05) is 0 Å². The molecule has 0 unspecified atom stereocenters. The van der Waals surface area contributed by atoms with Gasteiger partial charge in [0, 0.05) is 12.1 Å². The minimum Gasteiger partial charge on any atom is -0.508 e. The molecule has 78 valence electrons. The fourth-order valence-corrected chi connectivity index (χ4v) is 2.00. The zero-order valence-corrected chi connectivity index (χ0v) is 8.23. The van der Waals surface area contributed by atoms with Crippen LogP contribution < -0.4 is 10.2 Å². The molecule has 0 radical (unpaired) electrons. The molecule has 0 spiro atoms. The van der Waals surface area contributed by atoms with Gasteiger partial charge in [-0.05, 0) is 25.0 Å². The fraction of sp³-hybridized carbons (Fsp3) is 0.364. The Morgan fingerprint density at radius 1 is 1.40 bits per heavy atom. The quantitative estimate of drug-likeness (QED) is 0.678. The van der Waals surface area contributed by atoms with E-state index in [9.17, 15) is 9.90 Å². The first kappa shape index (κ1) is 8.59. The highest BCUT2D eigenvalue weighted by atomic mass is 16.3. The molecule has 1 fully saturated rings. The van der Waals surface area contributed by atoms with E-state index in [4.69, 9.17) is 0 Å². The molecule has 0 saturated heterocycles. The van der Waals surface area contributed by atoms with Gasteiger partial charge < -0.3 is 15.3 Å². The van der Waals surface area contributed by atoms with Crippen LogP contribution in [0.15, 0.2) is 18.2 Å². The van der Waals surface area contributed by atoms with Crippen molar-refractivity contribution in [2.75, 3.05) is 16.8 Å². The van der Waals surface area contributed by atoms with E-state index >= 15 is 0 Å². The first-order chi connectivity index (χ1) is 7.24. The molecule has 1 aliphatic heterocycles. The van der Waals surface area contributed by atoms with Crippen LogP contribution in [0.4, 0.5) is 11.4 Å². The second-order valence-corrected chi connectivity index (χ2v) is 4.11. The molecule has 1 amide bonds. The number of aromatic hydroxyl groups is 1. The van der Waals surface area contributed by atoms with Crippen molar-refractivity contribution in [1.82, 2.24) is 0 Å². The van der Waals surface area contributed by atoms with Crippen molar-refractivity contribution in [1.29, 1.82) is 0 Å². The van der Waals surface area contributed by atoms with Gasteiger partial charge in [-0.15, -0.1) is 0 Å². The van der Waals surface area contributed by atoms with Crippen molar-refractivity contribution in [3.63, 3.8) is 0 Å². The van der Waals surface area contributed by atoms with Crippen molar-refractivity contribution in [3.8, 4) is 5.75 Å². The number of phenolic OH excluding ortho intramolecular Hbond substituents is 1. The topological polar surface area (TPSA) is 52.6 Å². The molecule has 1 aliphatic carbocycles. The number of fused-ring (bicyclic) bond motifs is 1. The maximum Gasteiger partial charge on any atom is 0.243 e. The van der Waals surface area contributed by atoms with Crippen LogP contribution in [0.25, 0.3) is 0 Å². The average molecular weight is 204 g/mol. The largest absolute Gasteiger partial charge is 0.508 e. The zero-order valence-electron chi connectivity index (χ0n) is 8.23. The second kappa shape index (κ2) is 2.89. The van der Waals surface area contributed by atoms with Crippen LogP contribution in [-0.4, -0.2) is 23.6 Å². The predicted octanol–water partition coefficient (Wildman–Crippen LogP) is 1.31. The van der Waals surface area contributed by atoms with Gasteiger partial charge in [0.25, 0.3) is 0 Å². The van der Waals surface area contributed by atoms with Crippen molar-refractivity contribution in [3.05, 3.63) is 18.2 Å². The molecular formula is C11H12N2O2. The third-order valence-corrected chi connectivity index (χ3v) is 2.87. The summed E-state index contributed by atoms with van der Waals surface area (Å²) < 4.78 is 0. The maximum absolute atomic E-state index is 11.4. The monoisotopic (exact) mass is 204 g/mol. The van der Waals surface area contributed by atoms with Crippen LogP contribution in [0.2, 0.25) is 0 Å². The molecule has 4 heteroatoms. The van der Waals surface area contributed by atoms with Gasteiger partial charge in [-0.2, -0.15) is 0 Å². The molecule has 3 rings (SSSR count). The summed E-state index contributed by atoms with van der Waals surface area (Å²) in [5.41, 5.74) is 1.74. The molecule has 0 aromatic heterocycles. The minimum atomic E-state index is 0.0279. The number of benzene rings is 1. The van der Waals surface area contributed by atoms with E-state index in [1.165, 1.54) is 0 Å². The van der Waals surface area contributed by atoms with Crippen molar-refractivity contribution in [2.24, 2.45) is 0 Å². The smallest absolute Gasteiger partial charge is 0.243 e. The number of hydrogen-bond donors (Lipinski definition) is 2. The molecule has 15 heavy (non-hydrogen) atoms. The summed E-state index contributed by atoms with van der Waals surface area (Å²) in [6.07, 6.45) is 2.28. The van der Waals surface area contributed by atoms with E-state index in [1.54, 1.807) is 18.2 Å². The lowest BCUT2D eigenvalue weighted by Crippen LogP contribution is -2.39. The molecule has 2 N–H and O–H groups in total. The summed E-state index contributed by atoms with van der Waals surface area (Å²) in [7, 11) is 0. The van der Waals surface area contributed by atoms with Crippen LogP contribution in [0, 0.1) is 0 Å². The molecule has 4 nitrogen and oxygen atoms in total. The van der Waals surface area contributed by atoms with Gasteiger partial charge in [0.1, 0.15) is 5.75 Å². The number of amides is 1. The van der Waals surface area contributed by atoms with Crippen LogP contribution in [0.5, 0.6) is 5.75 Å². The SMILES string of the molecule is O=C1CN(C2CC2)c2cc(O)ccc2N1. The third-order valence-electron chi connectivity index (χ3n) is 2.87. The summed E-state index contributed by atoms with van der Waals surface area (Å²) in [5, 5.41) is 12.2. The summed E-state index contributed by atoms with van der Waals surface area (Å²) in [5.74, 6) is 0.274. The molecule has 0 bridgehead atoms. The predicted molar refractivity (Wildman–Crippen MR) is 57.1 cm³/mol. The number of anilines is 2. The van der Waals surface area contributed by atoms with Crippen LogP contribution in [0.1, 0.15) is 12.8 Å². The highest BCUT2D eigenvalue weighted by Gasteiger charge is 2.34. The second-order valence-electron chi connectivity index (χ2n) is 4.11. The van der Waals surface area contributed by atoms with Crippen molar-refractivity contribution >= 4 is 17.3 Å². The number of carbonyl (C=O) groups excluding carboxylic acids is 1. The Kier molecular flexibility index (Phi) is 1.65. The first-order valence-corrected chi connectivity index (χ1v) is 5.13. The Hall–Kier alpha value is -1.71. The Balaban J connectivity index is 2.06. The molecule has 1 saturated carbocycles. The number of carbonyl (C=O) groups is 1. The Labute approximate surface area is 87.5 Å². The van der Waals surface area contributed by atoms with Gasteiger partial charge in [0.05, 0.1) is 17.9 Å². The Morgan fingerprint density at radius 2 is 2.20 bits per heavy atom. The van der Waals surface area contributed by atoms with E-state index in [1.807, 2.05) is 0 Å². The molecule has 0 atom stereocenters. The first-order valence-electron chi connectivity index (χ1n) is 5.13. The van der Waals surface area contributed by atoms with E-state index in [0.717, 1.165) is 24.2 Å². The normalized spacial score (nSPS) is 19.7.